The Balaban J connectivity index is 2.21. The van der Waals surface area contributed by atoms with E-state index in [9.17, 15) is 9.90 Å². The third-order valence-corrected chi connectivity index (χ3v) is 3.94. The molecule has 3 rings (SSSR count). The minimum Gasteiger partial charge on any atom is -0.382 e. The highest BCUT2D eigenvalue weighted by Gasteiger charge is 2.38. The molecule has 1 aliphatic heterocycles. The summed E-state index contributed by atoms with van der Waals surface area (Å²) < 4.78 is 0. The number of likely N-dealkylation sites (N-methyl/N-ethyl adjacent to an activating group) is 1. The molecule has 0 fully saturated rings. The molecular formula is C17H17NO2. The Kier molecular flexibility index (Phi) is 3.07. The van der Waals surface area contributed by atoms with Gasteiger partial charge in [-0.2, -0.15) is 0 Å². The molecule has 2 unspecified atom stereocenters. The fraction of sp³-hybridized carbons (Fsp3) is 0.235. The van der Waals surface area contributed by atoms with Crippen LogP contribution in [0.15, 0.2) is 48.5 Å². The van der Waals surface area contributed by atoms with Crippen LogP contribution in [0.2, 0.25) is 0 Å². The van der Waals surface area contributed by atoms with Crippen LogP contribution in [0.3, 0.4) is 0 Å². The summed E-state index contributed by atoms with van der Waals surface area (Å²) in [6, 6.07) is 15.7. The van der Waals surface area contributed by atoms with E-state index in [4.69, 9.17) is 0 Å². The molecule has 2 aromatic rings. The Morgan fingerprint density at radius 1 is 1.10 bits per heavy atom. The van der Waals surface area contributed by atoms with E-state index in [0.29, 0.717) is 0 Å². The monoisotopic (exact) mass is 267 g/mol. The highest BCUT2D eigenvalue weighted by molar-refractivity contribution is 6.00. The Hall–Kier alpha value is -2.13. The number of anilines is 1. The van der Waals surface area contributed by atoms with Crippen LogP contribution in [-0.2, 0) is 4.79 Å². The highest BCUT2D eigenvalue weighted by atomic mass is 16.3. The molecule has 0 aromatic heterocycles. The summed E-state index contributed by atoms with van der Waals surface area (Å²) in [5.41, 5.74) is 3.97. The van der Waals surface area contributed by atoms with E-state index in [0.717, 1.165) is 22.4 Å². The summed E-state index contributed by atoms with van der Waals surface area (Å²) in [6.07, 6.45) is -1.03. The van der Waals surface area contributed by atoms with E-state index < -0.39 is 6.10 Å². The predicted octanol–water partition coefficient (Wildman–Crippen LogP) is 2.46. The molecule has 0 radical (unpaired) electrons. The summed E-state index contributed by atoms with van der Waals surface area (Å²) in [5, 5.41) is 10.4. The SMILES string of the molecule is Cc1ccc2c(c1)C(c1ccccc1)C(O)C(=O)N2C. The van der Waals surface area contributed by atoms with Crippen molar-refractivity contribution in [2.24, 2.45) is 0 Å². The second-order valence-electron chi connectivity index (χ2n) is 5.29. The summed E-state index contributed by atoms with van der Waals surface area (Å²) >= 11 is 0. The van der Waals surface area contributed by atoms with Gasteiger partial charge in [0, 0.05) is 18.7 Å². The maximum absolute atomic E-state index is 12.2. The third kappa shape index (κ3) is 1.91. The van der Waals surface area contributed by atoms with Gasteiger partial charge in [0.25, 0.3) is 5.91 Å². The summed E-state index contributed by atoms with van der Waals surface area (Å²) in [5.74, 6) is -0.551. The molecule has 0 saturated heterocycles. The summed E-state index contributed by atoms with van der Waals surface area (Å²) in [7, 11) is 1.71. The van der Waals surface area contributed by atoms with E-state index in [2.05, 4.69) is 6.07 Å². The summed E-state index contributed by atoms with van der Waals surface area (Å²) in [4.78, 5) is 13.8. The van der Waals surface area contributed by atoms with Crippen LogP contribution >= 0.6 is 0 Å². The van der Waals surface area contributed by atoms with Crippen molar-refractivity contribution >= 4 is 11.6 Å². The average Bonchev–Trinajstić information content (AvgIpc) is 2.46. The molecular weight excluding hydrogens is 250 g/mol. The molecule has 1 aliphatic rings. The fourth-order valence-corrected chi connectivity index (χ4v) is 2.88. The number of fused-ring (bicyclic) bond motifs is 1. The van der Waals surface area contributed by atoms with E-state index in [1.54, 1.807) is 11.9 Å². The number of aryl methyl sites for hydroxylation is 1. The molecule has 2 aromatic carbocycles. The molecule has 2 atom stereocenters. The quantitative estimate of drug-likeness (QED) is 0.862. The van der Waals surface area contributed by atoms with Crippen LogP contribution < -0.4 is 4.90 Å². The number of amides is 1. The van der Waals surface area contributed by atoms with Crippen LogP contribution in [-0.4, -0.2) is 24.2 Å². The van der Waals surface area contributed by atoms with Gasteiger partial charge in [-0.1, -0.05) is 48.0 Å². The number of carbonyl (C=O) groups is 1. The summed E-state index contributed by atoms with van der Waals surface area (Å²) in [6.45, 7) is 2.02. The van der Waals surface area contributed by atoms with Crippen molar-refractivity contribution in [1.82, 2.24) is 0 Å². The van der Waals surface area contributed by atoms with Gasteiger partial charge < -0.3 is 10.0 Å². The van der Waals surface area contributed by atoms with Gasteiger partial charge in [0.05, 0.1) is 0 Å². The molecule has 102 valence electrons. The third-order valence-electron chi connectivity index (χ3n) is 3.94. The van der Waals surface area contributed by atoms with E-state index in [1.165, 1.54) is 0 Å². The topological polar surface area (TPSA) is 40.5 Å². The molecule has 0 saturated carbocycles. The van der Waals surface area contributed by atoms with Crippen LogP contribution in [0.1, 0.15) is 22.6 Å². The minimum absolute atomic E-state index is 0.254. The predicted molar refractivity (Wildman–Crippen MR) is 78.9 cm³/mol. The number of nitrogens with zero attached hydrogens (tertiary/aromatic N) is 1. The Morgan fingerprint density at radius 2 is 1.80 bits per heavy atom. The molecule has 0 spiro atoms. The first-order valence-corrected chi connectivity index (χ1v) is 6.70. The lowest BCUT2D eigenvalue weighted by atomic mass is 9.81. The molecule has 3 heteroatoms. The first kappa shape index (κ1) is 12.9. The maximum atomic E-state index is 12.2. The molecule has 3 nitrogen and oxygen atoms in total. The standard InChI is InChI=1S/C17H17NO2/c1-11-8-9-14-13(10-11)15(12-6-4-3-5-7-12)16(19)17(20)18(14)2/h3-10,15-16,19H,1-2H3. The Bertz CT molecular complexity index is 651. The number of aliphatic hydroxyl groups excluding tert-OH is 1. The number of carbonyl (C=O) groups excluding carboxylic acids is 1. The van der Waals surface area contributed by atoms with E-state index in [-0.39, 0.29) is 11.8 Å². The minimum atomic E-state index is -1.03. The number of hydrogen-bond acceptors (Lipinski definition) is 2. The van der Waals surface area contributed by atoms with Gasteiger partial charge in [0.2, 0.25) is 0 Å². The largest absolute Gasteiger partial charge is 0.382 e. The van der Waals surface area contributed by atoms with Gasteiger partial charge in [0.15, 0.2) is 0 Å². The average molecular weight is 267 g/mol. The number of benzene rings is 2. The second kappa shape index (κ2) is 4.76. The van der Waals surface area contributed by atoms with Gasteiger partial charge in [-0.3, -0.25) is 4.79 Å². The fourth-order valence-electron chi connectivity index (χ4n) is 2.88. The molecule has 1 heterocycles. The van der Waals surface area contributed by atoms with Crippen LogP contribution in [0, 0.1) is 6.92 Å². The Labute approximate surface area is 118 Å². The van der Waals surface area contributed by atoms with E-state index >= 15 is 0 Å². The van der Waals surface area contributed by atoms with Crippen molar-refractivity contribution in [2.45, 2.75) is 18.9 Å². The molecule has 1 N–H and O–H groups in total. The van der Waals surface area contributed by atoms with Gasteiger partial charge in [-0.15, -0.1) is 0 Å². The smallest absolute Gasteiger partial charge is 0.256 e. The van der Waals surface area contributed by atoms with Crippen molar-refractivity contribution in [3.63, 3.8) is 0 Å². The first-order valence-electron chi connectivity index (χ1n) is 6.70. The first-order chi connectivity index (χ1) is 9.59. The van der Waals surface area contributed by atoms with Crippen molar-refractivity contribution in [3.05, 3.63) is 65.2 Å². The molecule has 0 bridgehead atoms. The zero-order valence-corrected chi connectivity index (χ0v) is 11.6. The number of rotatable bonds is 1. The van der Waals surface area contributed by atoms with Crippen molar-refractivity contribution in [3.8, 4) is 0 Å². The highest BCUT2D eigenvalue weighted by Crippen LogP contribution is 2.39. The van der Waals surface area contributed by atoms with Gasteiger partial charge >= 0.3 is 0 Å². The lowest BCUT2D eigenvalue weighted by molar-refractivity contribution is -0.127. The molecule has 1 amide bonds. The van der Waals surface area contributed by atoms with Gasteiger partial charge in [-0.05, 0) is 24.1 Å². The van der Waals surface area contributed by atoms with Crippen molar-refractivity contribution < 1.29 is 9.90 Å². The normalized spacial score (nSPS) is 21.8. The number of hydrogen-bond donors (Lipinski definition) is 1. The van der Waals surface area contributed by atoms with Crippen molar-refractivity contribution in [2.75, 3.05) is 11.9 Å². The zero-order chi connectivity index (χ0) is 14.3. The lowest BCUT2D eigenvalue weighted by Crippen LogP contribution is -2.45. The molecule has 0 aliphatic carbocycles. The van der Waals surface area contributed by atoms with Gasteiger partial charge in [-0.25, -0.2) is 0 Å². The van der Waals surface area contributed by atoms with Gasteiger partial charge in [0.1, 0.15) is 6.10 Å². The van der Waals surface area contributed by atoms with Crippen LogP contribution in [0.5, 0.6) is 0 Å². The Morgan fingerprint density at radius 3 is 2.50 bits per heavy atom. The maximum Gasteiger partial charge on any atom is 0.256 e. The second-order valence-corrected chi connectivity index (χ2v) is 5.29. The number of aliphatic hydroxyl groups is 1. The van der Waals surface area contributed by atoms with Crippen molar-refractivity contribution in [1.29, 1.82) is 0 Å². The zero-order valence-electron chi connectivity index (χ0n) is 11.6. The van der Waals surface area contributed by atoms with Crippen LogP contribution in [0.25, 0.3) is 0 Å². The van der Waals surface area contributed by atoms with E-state index in [1.807, 2.05) is 49.4 Å². The van der Waals surface area contributed by atoms with Crippen LogP contribution in [0.4, 0.5) is 5.69 Å². The lowest BCUT2D eigenvalue weighted by Gasteiger charge is -2.35. The molecule has 20 heavy (non-hydrogen) atoms.